The first kappa shape index (κ1) is 18.2. The Morgan fingerprint density at radius 2 is 1.96 bits per heavy atom. The Bertz CT molecular complexity index is 981. The van der Waals surface area contributed by atoms with Gasteiger partial charge in [-0.05, 0) is 36.4 Å². The Morgan fingerprint density at radius 3 is 2.65 bits per heavy atom. The van der Waals surface area contributed by atoms with E-state index in [4.69, 9.17) is 33.2 Å². The van der Waals surface area contributed by atoms with Crippen LogP contribution in [0.3, 0.4) is 0 Å². The third-order valence-corrected chi connectivity index (χ3v) is 4.95. The summed E-state index contributed by atoms with van der Waals surface area (Å²) in [6, 6.07) is 13.8. The van der Waals surface area contributed by atoms with E-state index in [9.17, 15) is 4.79 Å². The molecule has 0 radical (unpaired) electrons. The zero-order valence-electron chi connectivity index (χ0n) is 13.2. The first-order valence-corrected chi connectivity index (χ1v) is 9.02. The lowest BCUT2D eigenvalue weighted by atomic mass is 10.2. The molecule has 3 rings (SSSR count). The lowest BCUT2D eigenvalue weighted by molar-refractivity contribution is 0.102. The van der Waals surface area contributed by atoms with Crippen LogP contribution in [-0.2, 0) is 0 Å². The molecule has 0 bridgehead atoms. The molecule has 8 heteroatoms. The number of benzene rings is 2. The highest BCUT2D eigenvalue weighted by atomic mass is 35.5. The summed E-state index contributed by atoms with van der Waals surface area (Å²) >= 11 is 13.3. The van der Waals surface area contributed by atoms with Gasteiger partial charge in [0, 0.05) is 16.6 Å². The molecule has 0 unspecified atom stereocenters. The van der Waals surface area contributed by atoms with E-state index in [2.05, 4.69) is 10.3 Å². The number of hydrogen-bond acceptors (Lipinski definition) is 5. The molecule has 0 spiro atoms. The number of aromatic nitrogens is 1. The van der Waals surface area contributed by atoms with Gasteiger partial charge in [-0.15, -0.1) is 11.3 Å². The van der Waals surface area contributed by atoms with Gasteiger partial charge < -0.3 is 10.1 Å². The Labute approximate surface area is 163 Å². The number of carbonyl (C=O) groups is 1. The molecule has 1 aromatic heterocycles. The number of nitriles is 1. The van der Waals surface area contributed by atoms with Crippen LogP contribution in [0.1, 0.15) is 10.5 Å². The van der Waals surface area contributed by atoms with Gasteiger partial charge >= 0.3 is 0 Å². The van der Waals surface area contributed by atoms with Crippen LogP contribution >= 0.6 is 34.5 Å². The molecule has 3 aromatic rings. The van der Waals surface area contributed by atoms with Crippen LogP contribution in [0.25, 0.3) is 10.6 Å². The van der Waals surface area contributed by atoms with Gasteiger partial charge in [-0.1, -0.05) is 29.3 Å². The summed E-state index contributed by atoms with van der Waals surface area (Å²) < 4.78 is 5.17. The smallest absolute Gasteiger partial charge is 0.275 e. The summed E-state index contributed by atoms with van der Waals surface area (Å²) in [6.45, 7) is -0.0258. The van der Waals surface area contributed by atoms with Crippen molar-refractivity contribution in [3.05, 3.63) is 63.6 Å². The standard InChI is InChI=1S/C18H11Cl2N3O2S/c19-14-6-1-11(9-15(14)20)18-23-16(10-26-18)17(24)22-12-2-4-13(5-3-12)25-8-7-21/h1-6,9-10H,8H2,(H,22,24). The molecule has 0 aliphatic carbocycles. The number of halogens is 2. The lowest BCUT2D eigenvalue weighted by Gasteiger charge is -2.05. The first-order valence-electron chi connectivity index (χ1n) is 7.39. The molecular weight excluding hydrogens is 393 g/mol. The predicted octanol–water partition coefficient (Wildman–Crippen LogP) is 5.27. The van der Waals surface area contributed by atoms with Crippen molar-refractivity contribution >= 4 is 46.1 Å². The minimum absolute atomic E-state index is 0.0258. The monoisotopic (exact) mass is 403 g/mol. The number of carbonyl (C=O) groups excluding carboxylic acids is 1. The lowest BCUT2D eigenvalue weighted by Crippen LogP contribution is -2.12. The molecule has 0 saturated heterocycles. The van der Waals surface area contributed by atoms with Crippen molar-refractivity contribution in [2.45, 2.75) is 0 Å². The highest BCUT2D eigenvalue weighted by Gasteiger charge is 2.13. The Kier molecular flexibility index (Phi) is 5.74. The van der Waals surface area contributed by atoms with E-state index >= 15 is 0 Å². The molecule has 26 heavy (non-hydrogen) atoms. The number of hydrogen-bond donors (Lipinski definition) is 1. The number of rotatable bonds is 5. The fourth-order valence-corrected chi connectivity index (χ4v) is 3.18. The molecule has 1 heterocycles. The van der Waals surface area contributed by atoms with Crippen molar-refractivity contribution in [2.24, 2.45) is 0 Å². The normalized spacial score (nSPS) is 10.2. The van der Waals surface area contributed by atoms with Crippen molar-refractivity contribution in [3.63, 3.8) is 0 Å². The maximum absolute atomic E-state index is 12.3. The molecular formula is C18H11Cl2N3O2S. The molecule has 0 aliphatic rings. The van der Waals surface area contributed by atoms with Gasteiger partial charge in [0.15, 0.2) is 6.61 Å². The molecule has 1 amide bonds. The summed E-state index contributed by atoms with van der Waals surface area (Å²) in [7, 11) is 0. The highest BCUT2D eigenvalue weighted by Crippen LogP contribution is 2.30. The number of nitrogens with zero attached hydrogens (tertiary/aromatic N) is 2. The third-order valence-electron chi connectivity index (χ3n) is 3.32. The van der Waals surface area contributed by atoms with Crippen molar-refractivity contribution in [3.8, 4) is 22.4 Å². The van der Waals surface area contributed by atoms with Crippen LogP contribution in [0.5, 0.6) is 5.75 Å². The van der Waals surface area contributed by atoms with E-state index in [1.807, 2.05) is 6.07 Å². The highest BCUT2D eigenvalue weighted by molar-refractivity contribution is 7.13. The second-order valence-electron chi connectivity index (χ2n) is 5.09. The van der Waals surface area contributed by atoms with E-state index < -0.39 is 0 Å². The zero-order chi connectivity index (χ0) is 18.5. The van der Waals surface area contributed by atoms with E-state index in [1.54, 1.807) is 47.8 Å². The van der Waals surface area contributed by atoms with E-state index in [0.717, 1.165) is 5.56 Å². The second-order valence-corrected chi connectivity index (χ2v) is 6.76. The van der Waals surface area contributed by atoms with Crippen LogP contribution in [0, 0.1) is 11.3 Å². The maximum atomic E-state index is 12.3. The minimum atomic E-state index is -0.321. The van der Waals surface area contributed by atoms with Gasteiger partial charge in [-0.3, -0.25) is 4.79 Å². The van der Waals surface area contributed by atoms with Crippen molar-refractivity contribution in [2.75, 3.05) is 11.9 Å². The predicted molar refractivity (Wildman–Crippen MR) is 103 cm³/mol. The van der Waals surface area contributed by atoms with Gasteiger partial charge in [-0.2, -0.15) is 5.26 Å². The van der Waals surface area contributed by atoms with Crippen LogP contribution < -0.4 is 10.1 Å². The second kappa shape index (κ2) is 8.19. The summed E-state index contributed by atoms with van der Waals surface area (Å²) in [6.07, 6.45) is 0. The number of thiazole rings is 1. The molecule has 0 saturated carbocycles. The quantitative estimate of drug-likeness (QED) is 0.629. The van der Waals surface area contributed by atoms with E-state index in [-0.39, 0.29) is 12.5 Å². The van der Waals surface area contributed by atoms with Gasteiger partial charge in [0.1, 0.15) is 22.5 Å². The number of nitrogens with one attached hydrogen (secondary N) is 1. The average molecular weight is 404 g/mol. The van der Waals surface area contributed by atoms with E-state index in [0.29, 0.717) is 32.2 Å². The topological polar surface area (TPSA) is 75.0 Å². The van der Waals surface area contributed by atoms with Gasteiger partial charge in [0.2, 0.25) is 0 Å². The number of anilines is 1. The maximum Gasteiger partial charge on any atom is 0.275 e. The molecule has 1 N–H and O–H groups in total. The number of ether oxygens (including phenoxy) is 1. The molecule has 2 aromatic carbocycles. The average Bonchev–Trinajstić information content (AvgIpc) is 3.14. The van der Waals surface area contributed by atoms with Gasteiger partial charge in [0.25, 0.3) is 5.91 Å². The Morgan fingerprint density at radius 1 is 1.19 bits per heavy atom. The Balaban J connectivity index is 1.70. The Hall–Kier alpha value is -2.59. The summed E-state index contributed by atoms with van der Waals surface area (Å²) in [5.74, 6) is 0.235. The van der Waals surface area contributed by atoms with Crippen molar-refractivity contribution in [1.29, 1.82) is 5.26 Å². The first-order chi connectivity index (χ1) is 12.6. The summed E-state index contributed by atoms with van der Waals surface area (Å²) in [5.41, 5.74) is 1.70. The summed E-state index contributed by atoms with van der Waals surface area (Å²) in [5, 5.41) is 14.5. The van der Waals surface area contributed by atoms with Crippen LogP contribution in [0.15, 0.2) is 47.8 Å². The molecule has 5 nitrogen and oxygen atoms in total. The SMILES string of the molecule is N#CCOc1ccc(NC(=O)c2csc(-c3ccc(Cl)c(Cl)c3)n2)cc1. The fraction of sp³-hybridized carbons (Fsp3) is 0.0556. The summed E-state index contributed by atoms with van der Waals surface area (Å²) in [4.78, 5) is 16.7. The van der Waals surface area contributed by atoms with E-state index in [1.165, 1.54) is 11.3 Å². The van der Waals surface area contributed by atoms with Crippen LogP contribution in [-0.4, -0.2) is 17.5 Å². The van der Waals surface area contributed by atoms with Gasteiger partial charge in [0.05, 0.1) is 10.0 Å². The molecule has 0 fully saturated rings. The van der Waals surface area contributed by atoms with Crippen LogP contribution in [0.2, 0.25) is 10.0 Å². The van der Waals surface area contributed by atoms with Gasteiger partial charge in [-0.25, -0.2) is 4.98 Å². The third kappa shape index (κ3) is 4.33. The molecule has 130 valence electrons. The van der Waals surface area contributed by atoms with Crippen molar-refractivity contribution in [1.82, 2.24) is 4.98 Å². The largest absolute Gasteiger partial charge is 0.479 e. The molecule has 0 aliphatic heterocycles. The number of amides is 1. The van der Waals surface area contributed by atoms with Crippen molar-refractivity contribution < 1.29 is 9.53 Å². The zero-order valence-corrected chi connectivity index (χ0v) is 15.5. The van der Waals surface area contributed by atoms with Crippen LogP contribution in [0.4, 0.5) is 5.69 Å². The molecule has 0 atom stereocenters. The minimum Gasteiger partial charge on any atom is -0.479 e. The fourth-order valence-electron chi connectivity index (χ4n) is 2.09.